The number of halogens is 1. The molecule has 1 amide bonds. The molecule has 2 fully saturated rings. The van der Waals surface area contributed by atoms with E-state index in [4.69, 9.17) is 21.1 Å². The van der Waals surface area contributed by atoms with Crippen molar-refractivity contribution in [2.75, 3.05) is 19.8 Å². The van der Waals surface area contributed by atoms with E-state index >= 15 is 0 Å². The number of benzene rings is 1. The summed E-state index contributed by atoms with van der Waals surface area (Å²) in [6.07, 6.45) is 4.30. The molecule has 1 aromatic carbocycles. The molecule has 3 aliphatic heterocycles. The third kappa shape index (κ3) is 3.92. The first-order valence-corrected chi connectivity index (χ1v) is 9.76. The van der Waals surface area contributed by atoms with E-state index in [-0.39, 0.29) is 12.5 Å². The van der Waals surface area contributed by atoms with Crippen molar-refractivity contribution in [2.24, 2.45) is 5.92 Å². The Hall–Kier alpha value is -1.50. The summed E-state index contributed by atoms with van der Waals surface area (Å²) in [5, 5.41) is 17.3. The van der Waals surface area contributed by atoms with Crippen LogP contribution in [-0.2, 0) is 4.79 Å². The number of carbonyl (C=O) groups excluding carboxylic acids is 1. The molecule has 6 nitrogen and oxygen atoms in total. The predicted octanol–water partition coefficient (Wildman–Crippen LogP) is 2.18. The highest BCUT2D eigenvalue weighted by molar-refractivity contribution is 6.32. The van der Waals surface area contributed by atoms with Gasteiger partial charge in [-0.25, -0.2) is 0 Å². The third-order valence-electron chi connectivity index (χ3n) is 5.54. The van der Waals surface area contributed by atoms with Gasteiger partial charge in [0.05, 0.1) is 11.1 Å². The fourth-order valence-electron chi connectivity index (χ4n) is 4.33. The van der Waals surface area contributed by atoms with E-state index in [0.717, 1.165) is 12.8 Å². The molecule has 3 atom stereocenters. The summed E-state index contributed by atoms with van der Waals surface area (Å²) in [5.74, 6) is 1.49. The minimum absolute atomic E-state index is 0.000935. The average Bonchev–Trinajstić information content (AvgIpc) is 2.98. The Bertz CT molecular complexity index is 672. The van der Waals surface area contributed by atoms with Crippen LogP contribution in [0, 0.1) is 5.92 Å². The first kappa shape index (κ1) is 17.9. The number of nitrogens with one attached hydrogen (secondary N) is 2. The second-order valence-electron chi connectivity index (χ2n) is 7.53. The summed E-state index contributed by atoms with van der Waals surface area (Å²) in [6.45, 7) is 1.08. The zero-order chi connectivity index (χ0) is 18.1. The molecule has 3 aliphatic rings. The van der Waals surface area contributed by atoms with Crippen LogP contribution < -0.4 is 20.1 Å². The minimum Gasteiger partial charge on any atom is -0.486 e. The van der Waals surface area contributed by atoms with Gasteiger partial charge in [0.1, 0.15) is 13.2 Å². The lowest BCUT2D eigenvalue weighted by molar-refractivity contribution is -0.122. The van der Waals surface area contributed by atoms with Crippen LogP contribution in [0.4, 0.5) is 0 Å². The van der Waals surface area contributed by atoms with Crippen molar-refractivity contribution in [1.29, 1.82) is 0 Å². The number of hydrogen-bond donors (Lipinski definition) is 3. The fraction of sp³-hybridized carbons (Fsp3) is 0.632. The molecule has 0 saturated carbocycles. The molecule has 7 heteroatoms. The largest absolute Gasteiger partial charge is 0.486 e. The van der Waals surface area contributed by atoms with Crippen LogP contribution in [0.3, 0.4) is 0 Å². The lowest BCUT2D eigenvalue weighted by Gasteiger charge is -2.28. The summed E-state index contributed by atoms with van der Waals surface area (Å²) >= 11 is 6.21. The van der Waals surface area contributed by atoms with Gasteiger partial charge in [-0.1, -0.05) is 11.6 Å². The van der Waals surface area contributed by atoms with Gasteiger partial charge in [-0.3, -0.25) is 4.79 Å². The molecule has 0 spiro atoms. The van der Waals surface area contributed by atoms with Crippen molar-refractivity contribution in [2.45, 2.75) is 50.3 Å². The van der Waals surface area contributed by atoms with Crippen molar-refractivity contribution in [3.63, 3.8) is 0 Å². The number of ether oxygens (including phenoxy) is 2. The molecule has 2 bridgehead atoms. The van der Waals surface area contributed by atoms with Crippen molar-refractivity contribution in [3.05, 3.63) is 22.7 Å². The van der Waals surface area contributed by atoms with E-state index in [0.29, 0.717) is 59.7 Å². The molecule has 3 N–H and O–H groups in total. The quantitative estimate of drug-likeness (QED) is 0.729. The molecule has 1 aromatic rings. The molecule has 4 rings (SSSR count). The van der Waals surface area contributed by atoms with Crippen LogP contribution in [0.1, 0.15) is 43.8 Å². The average molecular weight is 381 g/mol. The summed E-state index contributed by atoms with van der Waals surface area (Å²) in [4.78, 5) is 12.3. The zero-order valence-electron chi connectivity index (χ0n) is 14.7. The first-order chi connectivity index (χ1) is 12.6. The number of hydrogen-bond acceptors (Lipinski definition) is 5. The fourth-order valence-corrected chi connectivity index (χ4v) is 4.60. The van der Waals surface area contributed by atoms with Gasteiger partial charge in [-0.05, 0) is 49.3 Å². The van der Waals surface area contributed by atoms with E-state index in [1.54, 1.807) is 12.1 Å². The molecule has 3 unspecified atom stereocenters. The highest BCUT2D eigenvalue weighted by Crippen LogP contribution is 2.39. The Morgan fingerprint density at radius 1 is 1.27 bits per heavy atom. The number of rotatable bonds is 5. The maximum atomic E-state index is 12.3. The van der Waals surface area contributed by atoms with Gasteiger partial charge in [0, 0.05) is 25.0 Å². The maximum absolute atomic E-state index is 12.3. The van der Waals surface area contributed by atoms with Gasteiger partial charge in [0.25, 0.3) is 0 Å². The molecule has 26 heavy (non-hydrogen) atoms. The maximum Gasteiger partial charge on any atom is 0.220 e. The Labute approximate surface area is 158 Å². The van der Waals surface area contributed by atoms with Gasteiger partial charge in [0.15, 0.2) is 11.5 Å². The van der Waals surface area contributed by atoms with Crippen molar-refractivity contribution in [3.8, 4) is 11.5 Å². The van der Waals surface area contributed by atoms with Gasteiger partial charge >= 0.3 is 0 Å². The number of aliphatic hydroxyl groups is 1. The molecule has 0 aromatic heterocycles. The minimum atomic E-state index is -0.837. The Morgan fingerprint density at radius 2 is 2.00 bits per heavy atom. The molecule has 3 heterocycles. The number of piperidine rings is 1. The Balaban J connectivity index is 1.30. The molecule has 142 valence electrons. The van der Waals surface area contributed by atoms with Gasteiger partial charge in [0.2, 0.25) is 5.91 Å². The van der Waals surface area contributed by atoms with Crippen LogP contribution in [0.25, 0.3) is 0 Å². The summed E-state index contributed by atoms with van der Waals surface area (Å²) in [5.41, 5.74) is 0.611. The van der Waals surface area contributed by atoms with Crippen LogP contribution in [0.5, 0.6) is 11.5 Å². The smallest absolute Gasteiger partial charge is 0.220 e. The Kier molecular flexibility index (Phi) is 5.25. The lowest BCUT2D eigenvalue weighted by Crippen LogP contribution is -2.40. The number of amides is 1. The second kappa shape index (κ2) is 7.62. The van der Waals surface area contributed by atoms with Crippen molar-refractivity contribution >= 4 is 17.5 Å². The van der Waals surface area contributed by atoms with Crippen molar-refractivity contribution in [1.82, 2.24) is 10.6 Å². The number of aliphatic hydroxyl groups excluding tert-OH is 1. The zero-order valence-corrected chi connectivity index (χ0v) is 15.4. The van der Waals surface area contributed by atoms with E-state index in [1.165, 1.54) is 12.8 Å². The summed E-state index contributed by atoms with van der Waals surface area (Å²) in [6, 6.07) is 4.55. The Morgan fingerprint density at radius 3 is 2.77 bits per heavy atom. The predicted molar refractivity (Wildman–Crippen MR) is 97.7 cm³/mol. The first-order valence-electron chi connectivity index (χ1n) is 9.38. The standard InChI is InChI=1S/C19H25ClN2O4/c20-15-8-12(9-17-19(15)26-4-3-25-17)16(23)10-21-18(24)7-11-5-13-1-2-14(6-11)22-13/h8-9,11,13-14,16,22-23H,1-7,10H2,(H,21,24). The topological polar surface area (TPSA) is 79.8 Å². The molecule has 0 aliphatic carbocycles. The summed E-state index contributed by atoms with van der Waals surface area (Å²) in [7, 11) is 0. The second-order valence-corrected chi connectivity index (χ2v) is 7.93. The van der Waals surface area contributed by atoms with Crippen molar-refractivity contribution < 1.29 is 19.4 Å². The van der Waals surface area contributed by atoms with E-state index in [1.807, 2.05) is 0 Å². The van der Waals surface area contributed by atoms with E-state index in [2.05, 4.69) is 10.6 Å². The molecular weight excluding hydrogens is 356 g/mol. The van der Waals surface area contributed by atoms with Gasteiger partial charge in [-0.2, -0.15) is 0 Å². The third-order valence-corrected chi connectivity index (χ3v) is 5.82. The number of carbonyl (C=O) groups is 1. The lowest BCUT2D eigenvalue weighted by atomic mass is 9.89. The molecule has 0 radical (unpaired) electrons. The van der Waals surface area contributed by atoms with Gasteiger partial charge in [-0.15, -0.1) is 0 Å². The highest BCUT2D eigenvalue weighted by Gasteiger charge is 2.34. The normalized spacial score (nSPS) is 27.8. The molecule has 2 saturated heterocycles. The number of fused-ring (bicyclic) bond motifs is 3. The van der Waals surface area contributed by atoms with E-state index < -0.39 is 6.10 Å². The monoisotopic (exact) mass is 380 g/mol. The highest BCUT2D eigenvalue weighted by atomic mass is 35.5. The van der Waals surface area contributed by atoms with Crippen LogP contribution >= 0.6 is 11.6 Å². The van der Waals surface area contributed by atoms with Crippen LogP contribution in [0.2, 0.25) is 5.02 Å². The molecular formula is C19H25ClN2O4. The van der Waals surface area contributed by atoms with Crippen LogP contribution in [0.15, 0.2) is 12.1 Å². The van der Waals surface area contributed by atoms with E-state index in [9.17, 15) is 9.90 Å². The van der Waals surface area contributed by atoms with Gasteiger partial charge < -0.3 is 25.2 Å². The summed E-state index contributed by atoms with van der Waals surface area (Å²) < 4.78 is 11.0. The van der Waals surface area contributed by atoms with Crippen LogP contribution in [-0.4, -0.2) is 42.9 Å². The SMILES string of the molecule is O=C(CC1CC2CCC(C1)N2)NCC(O)c1cc(Cl)c2c(c1)OCCO2.